The molecule has 2 nitrogen and oxygen atoms in total. The number of carbonyl (C=O) groups is 1. The van der Waals surface area contributed by atoms with E-state index in [-0.39, 0.29) is 23.0 Å². The average Bonchev–Trinajstić information content (AvgIpc) is 2.49. The van der Waals surface area contributed by atoms with Crippen molar-refractivity contribution in [3.8, 4) is 5.75 Å². The number of methoxy groups -OCH3 is 1. The van der Waals surface area contributed by atoms with Crippen LogP contribution < -0.4 is 4.74 Å². The predicted molar refractivity (Wildman–Crippen MR) is 79.0 cm³/mol. The highest BCUT2D eigenvalue weighted by Crippen LogP contribution is 2.44. The van der Waals surface area contributed by atoms with Crippen LogP contribution in [-0.2, 0) is 0 Å². The molecule has 2 aliphatic rings. The van der Waals surface area contributed by atoms with Crippen molar-refractivity contribution in [1.82, 2.24) is 0 Å². The summed E-state index contributed by atoms with van der Waals surface area (Å²) >= 11 is 1.96. The van der Waals surface area contributed by atoms with E-state index in [9.17, 15) is 13.6 Å². The molecule has 2 bridgehead atoms. The van der Waals surface area contributed by atoms with Crippen molar-refractivity contribution in [3.05, 3.63) is 29.3 Å². The molecule has 0 aliphatic carbocycles. The third-order valence-corrected chi connectivity index (χ3v) is 6.06. The second-order valence-electron chi connectivity index (χ2n) is 5.79. The lowest BCUT2D eigenvalue weighted by Gasteiger charge is -2.38. The molecule has 114 valence electrons. The summed E-state index contributed by atoms with van der Waals surface area (Å²) in [4.78, 5) is 12.5. The van der Waals surface area contributed by atoms with Crippen LogP contribution in [0.5, 0.6) is 5.75 Å². The molecule has 1 aromatic carbocycles. The third kappa shape index (κ3) is 2.80. The zero-order chi connectivity index (χ0) is 15.0. The van der Waals surface area contributed by atoms with Crippen molar-refractivity contribution >= 4 is 17.5 Å². The van der Waals surface area contributed by atoms with Gasteiger partial charge >= 0.3 is 0 Å². The van der Waals surface area contributed by atoms with Gasteiger partial charge in [-0.15, -0.1) is 0 Å². The highest BCUT2D eigenvalue weighted by Gasteiger charge is 2.37. The molecule has 0 amide bonds. The minimum absolute atomic E-state index is 0.136. The number of rotatable bonds is 3. The lowest BCUT2D eigenvalue weighted by molar-refractivity contribution is 0.0891. The van der Waals surface area contributed by atoms with E-state index in [1.807, 2.05) is 11.8 Å². The topological polar surface area (TPSA) is 26.3 Å². The highest BCUT2D eigenvalue weighted by molar-refractivity contribution is 8.00. The Kier molecular flexibility index (Phi) is 4.20. The average molecular weight is 312 g/mol. The lowest BCUT2D eigenvalue weighted by Crippen LogP contribution is -2.33. The van der Waals surface area contributed by atoms with Gasteiger partial charge < -0.3 is 4.74 Å². The predicted octanol–water partition coefficient (Wildman–Crippen LogP) is 4.22. The van der Waals surface area contributed by atoms with Crippen molar-refractivity contribution in [3.63, 3.8) is 0 Å². The number of benzene rings is 1. The molecule has 2 aliphatic heterocycles. The van der Waals surface area contributed by atoms with Gasteiger partial charge in [0.2, 0.25) is 5.82 Å². The Labute approximate surface area is 127 Å². The molecule has 0 radical (unpaired) electrons. The molecular formula is C16H18F2O2S. The second kappa shape index (κ2) is 5.95. The van der Waals surface area contributed by atoms with Crippen LogP contribution >= 0.6 is 11.8 Å². The summed E-state index contributed by atoms with van der Waals surface area (Å²) in [6, 6.07) is 2.67. The zero-order valence-electron chi connectivity index (χ0n) is 11.9. The molecule has 2 unspecified atom stereocenters. The first kappa shape index (κ1) is 14.8. The van der Waals surface area contributed by atoms with E-state index >= 15 is 0 Å². The Bertz CT molecular complexity index is 549. The van der Waals surface area contributed by atoms with Gasteiger partial charge in [-0.1, -0.05) is 6.42 Å². The standard InChI is InChI=1S/C16H18F2O2S/c1-20-13-6-5-12(14(17)15(13)18)16(19)9-7-10-3-2-4-11(8-9)21-10/h5-6,9-11H,2-4,7-8H2,1H3. The van der Waals surface area contributed by atoms with E-state index in [1.54, 1.807) is 0 Å². The largest absolute Gasteiger partial charge is 0.494 e. The van der Waals surface area contributed by atoms with Gasteiger partial charge in [0.1, 0.15) is 0 Å². The minimum atomic E-state index is -1.08. The van der Waals surface area contributed by atoms with Crippen molar-refractivity contribution in [1.29, 1.82) is 0 Å². The number of ether oxygens (including phenoxy) is 1. The van der Waals surface area contributed by atoms with Crippen LogP contribution in [-0.4, -0.2) is 23.4 Å². The molecular weight excluding hydrogens is 294 g/mol. The smallest absolute Gasteiger partial charge is 0.201 e. The lowest BCUT2D eigenvalue weighted by atomic mass is 9.84. The third-order valence-electron chi connectivity index (χ3n) is 4.43. The quantitative estimate of drug-likeness (QED) is 0.782. The Morgan fingerprint density at radius 2 is 1.86 bits per heavy atom. The van der Waals surface area contributed by atoms with Gasteiger partial charge in [0, 0.05) is 16.4 Å². The molecule has 0 N–H and O–H groups in total. The monoisotopic (exact) mass is 312 g/mol. The van der Waals surface area contributed by atoms with Crippen LogP contribution in [0.15, 0.2) is 12.1 Å². The molecule has 3 rings (SSSR count). The molecule has 1 aromatic rings. The fraction of sp³-hybridized carbons (Fsp3) is 0.562. The number of ketones is 1. The van der Waals surface area contributed by atoms with E-state index in [2.05, 4.69) is 0 Å². The van der Waals surface area contributed by atoms with Gasteiger partial charge in [0.25, 0.3) is 0 Å². The van der Waals surface area contributed by atoms with E-state index in [0.717, 1.165) is 25.7 Å². The molecule has 2 saturated heterocycles. The number of Topliss-reactive ketones (excluding diaryl/α,β-unsaturated/α-hetero) is 1. The first-order valence-electron chi connectivity index (χ1n) is 7.31. The van der Waals surface area contributed by atoms with Crippen LogP contribution in [0.25, 0.3) is 0 Å². The molecule has 0 spiro atoms. The van der Waals surface area contributed by atoms with Gasteiger partial charge in [-0.25, -0.2) is 4.39 Å². The van der Waals surface area contributed by atoms with Crippen LogP contribution in [0.1, 0.15) is 42.5 Å². The first-order valence-corrected chi connectivity index (χ1v) is 8.26. The fourth-order valence-corrected chi connectivity index (χ4v) is 5.21. The highest BCUT2D eigenvalue weighted by atomic mass is 32.2. The van der Waals surface area contributed by atoms with Crippen molar-refractivity contribution in [2.24, 2.45) is 5.92 Å². The Morgan fingerprint density at radius 1 is 1.19 bits per heavy atom. The summed E-state index contributed by atoms with van der Waals surface area (Å²) in [5, 5.41) is 0.996. The number of hydrogen-bond donors (Lipinski definition) is 0. The maximum Gasteiger partial charge on any atom is 0.201 e. The summed E-state index contributed by atoms with van der Waals surface area (Å²) in [6.45, 7) is 0. The minimum Gasteiger partial charge on any atom is -0.494 e. The van der Waals surface area contributed by atoms with Gasteiger partial charge in [0.15, 0.2) is 17.3 Å². The van der Waals surface area contributed by atoms with Crippen LogP contribution in [0, 0.1) is 17.6 Å². The molecule has 5 heteroatoms. The molecule has 2 atom stereocenters. The Morgan fingerprint density at radius 3 is 2.48 bits per heavy atom. The molecule has 2 fully saturated rings. The van der Waals surface area contributed by atoms with E-state index < -0.39 is 11.6 Å². The normalized spacial score (nSPS) is 28.2. The van der Waals surface area contributed by atoms with Crippen molar-refractivity contribution in [2.75, 3.05) is 7.11 Å². The van der Waals surface area contributed by atoms with Gasteiger partial charge in [0.05, 0.1) is 12.7 Å². The van der Waals surface area contributed by atoms with E-state index in [4.69, 9.17) is 4.74 Å². The fourth-order valence-electron chi connectivity index (χ4n) is 3.37. The van der Waals surface area contributed by atoms with Gasteiger partial charge in [-0.3, -0.25) is 4.79 Å². The van der Waals surface area contributed by atoms with E-state index in [0.29, 0.717) is 10.5 Å². The maximum atomic E-state index is 14.1. The summed E-state index contributed by atoms with van der Waals surface area (Å²) in [5.74, 6) is -2.76. The van der Waals surface area contributed by atoms with Crippen LogP contribution in [0.4, 0.5) is 8.78 Å². The van der Waals surface area contributed by atoms with Crippen LogP contribution in [0.2, 0.25) is 0 Å². The maximum absolute atomic E-state index is 14.1. The number of hydrogen-bond acceptors (Lipinski definition) is 3. The molecule has 0 saturated carbocycles. The zero-order valence-corrected chi connectivity index (χ0v) is 12.7. The first-order chi connectivity index (χ1) is 10.1. The SMILES string of the molecule is COc1ccc(C(=O)C2CC3CCCC(C2)S3)c(F)c1F. The summed E-state index contributed by atoms with van der Waals surface area (Å²) < 4.78 is 32.6. The second-order valence-corrected chi connectivity index (χ2v) is 7.39. The number of carbonyl (C=O) groups excluding carboxylic acids is 1. The number of fused-ring (bicyclic) bond motifs is 2. The molecule has 2 heterocycles. The Hall–Kier alpha value is -1.10. The van der Waals surface area contributed by atoms with Crippen molar-refractivity contribution in [2.45, 2.75) is 42.6 Å². The summed E-state index contributed by atoms with van der Waals surface area (Å²) in [6.07, 6.45) is 5.05. The summed E-state index contributed by atoms with van der Waals surface area (Å²) in [5.41, 5.74) is -0.136. The summed E-state index contributed by atoms with van der Waals surface area (Å²) in [7, 11) is 1.28. The van der Waals surface area contributed by atoms with E-state index in [1.165, 1.54) is 25.7 Å². The number of halogens is 2. The van der Waals surface area contributed by atoms with Gasteiger partial charge in [-0.05, 0) is 37.8 Å². The molecule has 0 aromatic heterocycles. The van der Waals surface area contributed by atoms with Crippen molar-refractivity contribution < 1.29 is 18.3 Å². The number of thioether (sulfide) groups is 1. The van der Waals surface area contributed by atoms with Crippen LogP contribution in [0.3, 0.4) is 0 Å². The van der Waals surface area contributed by atoms with Gasteiger partial charge in [-0.2, -0.15) is 16.2 Å². The molecule has 21 heavy (non-hydrogen) atoms. The Balaban J connectivity index is 1.84.